The minimum Gasteiger partial charge on any atom is -0.493 e. The minimum absolute atomic E-state index is 0.0232. The number of rotatable bonds is 7. The van der Waals surface area contributed by atoms with E-state index in [1.54, 1.807) is 48.5 Å². The Balaban J connectivity index is 1.79. The van der Waals surface area contributed by atoms with Gasteiger partial charge in [0.2, 0.25) is 0 Å². The highest BCUT2D eigenvalue weighted by molar-refractivity contribution is 8.18. The van der Waals surface area contributed by atoms with E-state index in [2.05, 4.69) is 10.8 Å². The number of hydrogen-bond acceptors (Lipinski definition) is 8. The van der Waals surface area contributed by atoms with Crippen LogP contribution in [0.2, 0.25) is 0 Å². The Hall–Kier alpha value is -3.77. The van der Waals surface area contributed by atoms with E-state index in [0.717, 1.165) is 16.7 Å². The Labute approximate surface area is 183 Å². The van der Waals surface area contributed by atoms with E-state index in [1.807, 2.05) is 0 Å². The van der Waals surface area contributed by atoms with E-state index in [-0.39, 0.29) is 18.1 Å². The SMILES string of the molecule is COC(=O)COc1ccc(/C=C2/SC(=O)N(Cc3ccccc3C#N)C2=O)cc1OC. The first kappa shape index (κ1) is 21.9. The summed E-state index contributed by atoms with van der Waals surface area (Å²) in [7, 11) is 2.71. The maximum absolute atomic E-state index is 12.8. The maximum Gasteiger partial charge on any atom is 0.343 e. The summed E-state index contributed by atoms with van der Waals surface area (Å²) >= 11 is 0.827. The lowest BCUT2D eigenvalue weighted by Gasteiger charge is -2.13. The fourth-order valence-electron chi connectivity index (χ4n) is 2.81. The zero-order chi connectivity index (χ0) is 22.4. The van der Waals surface area contributed by atoms with Crippen molar-refractivity contribution in [3.05, 3.63) is 64.1 Å². The Morgan fingerprint density at radius 2 is 1.94 bits per heavy atom. The van der Waals surface area contributed by atoms with Crippen molar-refractivity contribution < 1.29 is 28.6 Å². The van der Waals surface area contributed by atoms with Crippen LogP contribution in [0.4, 0.5) is 4.79 Å². The lowest BCUT2D eigenvalue weighted by molar-refractivity contribution is -0.142. The van der Waals surface area contributed by atoms with Crippen molar-refractivity contribution in [1.29, 1.82) is 5.26 Å². The summed E-state index contributed by atoms with van der Waals surface area (Å²) in [5.41, 5.74) is 1.63. The van der Waals surface area contributed by atoms with Crippen LogP contribution in [-0.4, -0.2) is 42.8 Å². The van der Waals surface area contributed by atoms with Gasteiger partial charge in [-0.1, -0.05) is 24.3 Å². The summed E-state index contributed by atoms with van der Waals surface area (Å²) in [5.74, 6) is -0.267. The fourth-order valence-corrected chi connectivity index (χ4v) is 3.65. The van der Waals surface area contributed by atoms with E-state index in [1.165, 1.54) is 14.2 Å². The molecule has 0 spiro atoms. The second-order valence-corrected chi connectivity index (χ2v) is 7.31. The topological polar surface area (TPSA) is 106 Å². The number of hydrogen-bond donors (Lipinski definition) is 0. The van der Waals surface area contributed by atoms with Crippen molar-refractivity contribution >= 4 is 35.0 Å². The van der Waals surface area contributed by atoms with Gasteiger partial charge in [0.05, 0.1) is 37.3 Å². The number of carbonyl (C=O) groups is 3. The quantitative estimate of drug-likeness (QED) is 0.479. The molecule has 0 aromatic heterocycles. The smallest absolute Gasteiger partial charge is 0.343 e. The molecule has 9 heteroatoms. The molecule has 2 aromatic carbocycles. The summed E-state index contributed by atoms with van der Waals surface area (Å²) in [6.45, 7) is -0.245. The normalized spacial score (nSPS) is 14.5. The van der Waals surface area contributed by atoms with Crippen LogP contribution < -0.4 is 9.47 Å². The first-order valence-electron chi connectivity index (χ1n) is 9.08. The number of benzene rings is 2. The van der Waals surface area contributed by atoms with E-state index in [0.29, 0.717) is 28.2 Å². The van der Waals surface area contributed by atoms with Gasteiger partial charge in [-0.3, -0.25) is 14.5 Å². The lowest BCUT2D eigenvalue weighted by Crippen LogP contribution is -2.27. The summed E-state index contributed by atoms with van der Waals surface area (Å²) in [6, 6.07) is 13.8. The fraction of sp³-hybridized carbons (Fsp3) is 0.182. The van der Waals surface area contributed by atoms with Gasteiger partial charge in [0, 0.05) is 0 Å². The number of thioether (sulfide) groups is 1. The van der Waals surface area contributed by atoms with Crippen molar-refractivity contribution in [1.82, 2.24) is 4.90 Å². The molecular formula is C22H18N2O6S. The molecule has 1 aliphatic heterocycles. The van der Waals surface area contributed by atoms with Crippen molar-refractivity contribution in [2.24, 2.45) is 0 Å². The summed E-state index contributed by atoms with van der Waals surface area (Å²) < 4.78 is 15.2. The number of carbonyl (C=O) groups excluding carboxylic acids is 3. The minimum atomic E-state index is -0.530. The van der Waals surface area contributed by atoms with Crippen molar-refractivity contribution in [2.45, 2.75) is 6.54 Å². The zero-order valence-electron chi connectivity index (χ0n) is 16.8. The zero-order valence-corrected chi connectivity index (χ0v) is 17.6. The number of amides is 2. The second kappa shape index (κ2) is 9.82. The third kappa shape index (κ3) is 5.05. The number of methoxy groups -OCH3 is 2. The van der Waals surface area contributed by atoms with E-state index in [4.69, 9.17) is 9.47 Å². The second-order valence-electron chi connectivity index (χ2n) is 6.31. The van der Waals surface area contributed by atoms with Gasteiger partial charge in [0.1, 0.15) is 0 Å². The molecule has 1 heterocycles. The van der Waals surface area contributed by atoms with Gasteiger partial charge >= 0.3 is 5.97 Å². The molecule has 1 saturated heterocycles. The molecule has 0 aliphatic carbocycles. The average molecular weight is 438 g/mol. The Kier molecular flexibility index (Phi) is 6.95. The van der Waals surface area contributed by atoms with Crippen LogP contribution in [0, 0.1) is 11.3 Å². The van der Waals surface area contributed by atoms with Crippen molar-refractivity contribution in [3.8, 4) is 17.6 Å². The highest BCUT2D eigenvalue weighted by Crippen LogP contribution is 2.35. The van der Waals surface area contributed by atoms with E-state index < -0.39 is 17.1 Å². The van der Waals surface area contributed by atoms with E-state index in [9.17, 15) is 19.6 Å². The molecule has 8 nitrogen and oxygen atoms in total. The van der Waals surface area contributed by atoms with Gasteiger partial charge < -0.3 is 14.2 Å². The molecule has 0 bridgehead atoms. The summed E-state index contributed by atoms with van der Waals surface area (Å²) in [6.07, 6.45) is 1.58. The van der Waals surface area contributed by atoms with Crippen LogP contribution >= 0.6 is 11.8 Å². The number of nitrogens with zero attached hydrogens (tertiary/aromatic N) is 2. The van der Waals surface area contributed by atoms with Gasteiger partial charge in [0.15, 0.2) is 18.1 Å². The number of esters is 1. The molecule has 1 aliphatic rings. The molecular weight excluding hydrogens is 420 g/mol. The largest absolute Gasteiger partial charge is 0.493 e. The molecule has 0 unspecified atom stereocenters. The third-order valence-electron chi connectivity index (χ3n) is 4.40. The van der Waals surface area contributed by atoms with Gasteiger partial charge in [0.25, 0.3) is 11.1 Å². The van der Waals surface area contributed by atoms with Crippen LogP contribution in [-0.2, 0) is 20.9 Å². The average Bonchev–Trinajstić information content (AvgIpc) is 3.05. The standard InChI is InChI=1S/C22H18N2O6S/c1-28-18-9-14(7-8-17(18)30-13-20(25)29-2)10-19-21(26)24(22(27)31-19)12-16-6-4-3-5-15(16)11-23/h3-10H,12-13H2,1-2H3/b19-10+. The third-order valence-corrected chi connectivity index (χ3v) is 5.31. The van der Waals surface area contributed by atoms with Crippen LogP contribution in [0.5, 0.6) is 11.5 Å². The molecule has 0 N–H and O–H groups in total. The molecule has 1 fully saturated rings. The molecule has 31 heavy (non-hydrogen) atoms. The van der Waals surface area contributed by atoms with Gasteiger partial charge in [-0.25, -0.2) is 4.79 Å². The number of ether oxygens (including phenoxy) is 3. The van der Waals surface area contributed by atoms with Gasteiger partial charge in [-0.05, 0) is 47.2 Å². The predicted molar refractivity (Wildman–Crippen MR) is 113 cm³/mol. The molecule has 0 radical (unpaired) electrons. The molecule has 2 aromatic rings. The van der Waals surface area contributed by atoms with Crippen LogP contribution in [0.25, 0.3) is 6.08 Å². The van der Waals surface area contributed by atoms with Crippen LogP contribution in [0.3, 0.4) is 0 Å². The Morgan fingerprint density at radius 1 is 1.16 bits per heavy atom. The monoisotopic (exact) mass is 438 g/mol. The van der Waals surface area contributed by atoms with Crippen molar-refractivity contribution in [3.63, 3.8) is 0 Å². The molecule has 158 valence electrons. The lowest BCUT2D eigenvalue weighted by atomic mass is 10.1. The molecule has 0 atom stereocenters. The van der Waals surface area contributed by atoms with Crippen molar-refractivity contribution in [2.75, 3.05) is 20.8 Å². The predicted octanol–water partition coefficient (Wildman–Crippen LogP) is 3.36. The summed E-state index contributed by atoms with van der Waals surface area (Å²) in [4.78, 5) is 37.8. The Morgan fingerprint density at radius 3 is 2.65 bits per heavy atom. The van der Waals surface area contributed by atoms with Gasteiger partial charge in [-0.15, -0.1) is 0 Å². The highest BCUT2D eigenvalue weighted by atomic mass is 32.2. The van der Waals surface area contributed by atoms with Gasteiger partial charge in [-0.2, -0.15) is 5.26 Å². The molecule has 0 saturated carbocycles. The summed E-state index contributed by atoms with van der Waals surface area (Å²) in [5, 5.41) is 8.81. The first-order chi connectivity index (χ1) is 15.0. The van der Waals surface area contributed by atoms with Crippen LogP contribution in [0.15, 0.2) is 47.4 Å². The molecule has 3 rings (SSSR count). The van der Waals surface area contributed by atoms with E-state index >= 15 is 0 Å². The molecule has 2 amide bonds. The first-order valence-corrected chi connectivity index (χ1v) is 9.89. The number of imide groups is 1. The number of nitriles is 1. The van der Waals surface area contributed by atoms with Crippen LogP contribution in [0.1, 0.15) is 16.7 Å². The highest BCUT2D eigenvalue weighted by Gasteiger charge is 2.35. The Bertz CT molecular complexity index is 1110. The maximum atomic E-state index is 12.8.